The monoisotopic (exact) mass is 302 g/mol. The Morgan fingerprint density at radius 2 is 1.73 bits per heavy atom. The summed E-state index contributed by atoms with van der Waals surface area (Å²) in [5, 5.41) is 4.87. The van der Waals surface area contributed by atoms with Gasteiger partial charge in [0, 0.05) is 11.3 Å². The van der Waals surface area contributed by atoms with Gasteiger partial charge in [-0.3, -0.25) is 10.1 Å². The maximum atomic E-state index is 13.6. The summed E-state index contributed by atoms with van der Waals surface area (Å²) in [4.78, 5) is 23.2. The van der Waals surface area contributed by atoms with Gasteiger partial charge in [-0.05, 0) is 37.3 Å². The molecule has 0 saturated carbocycles. The fraction of sp³-hybridized carbons (Fsp3) is 0.125. The Morgan fingerprint density at radius 3 is 2.36 bits per heavy atom. The molecule has 0 aromatic heterocycles. The Labute approximate surface area is 127 Å². The quantitative estimate of drug-likeness (QED) is 0.911. The molecule has 2 aromatic carbocycles. The van der Waals surface area contributed by atoms with Crippen LogP contribution in [-0.2, 0) is 4.74 Å². The Kier molecular flexibility index (Phi) is 4.73. The summed E-state index contributed by atoms with van der Waals surface area (Å²) in [5.41, 5.74) is 1.81. The van der Waals surface area contributed by atoms with E-state index >= 15 is 0 Å². The lowest BCUT2D eigenvalue weighted by atomic mass is 10.1. The summed E-state index contributed by atoms with van der Waals surface area (Å²) >= 11 is 0. The second-order valence-electron chi connectivity index (χ2n) is 4.63. The van der Waals surface area contributed by atoms with Crippen LogP contribution in [0.1, 0.15) is 15.9 Å². The zero-order valence-corrected chi connectivity index (χ0v) is 12.1. The molecule has 2 N–H and O–H groups in total. The topological polar surface area (TPSA) is 67.4 Å². The van der Waals surface area contributed by atoms with Crippen molar-refractivity contribution < 1.29 is 18.7 Å². The average molecular weight is 302 g/mol. The highest BCUT2D eigenvalue weighted by atomic mass is 19.1. The first-order chi connectivity index (χ1) is 10.5. The van der Waals surface area contributed by atoms with Gasteiger partial charge in [-0.15, -0.1) is 0 Å². The van der Waals surface area contributed by atoms with Crippen LogP contribution in [0, 0.1) is 12.7 Å². The second kappa shape index (κ2) is 6.71. The number of ether oxygens (including phenoxy) is 1. The standard InChI is InChI=1S/C16H15FN2O3/c1-10-3-5-11(6-4-10)15(20)18-12-7-8-13(17)14(9-12)19-16(21)22-2/h3-9H,1-2H3,(H,18,20)(H,19,21). The Bertz CT molecular complexity index is 699. The second-order valence-corrected chi connectivity index (χ2v) is 4.63. The Morgan fingerprint density at radius 1 is 1.05 bits per heavy atom. The van der Waals surface area contributed by atoms with Crippen LogP contribution in [0.3, 0.4) is 0 Å². The van der Waals surface area contributed by atoms with Crippen molar-refractivity contribution in [1.29, 1.82) is 0 Å². The number of hydrogen-bond acceptors (Lipinski definition) is 3. The minimum Gasteiger partial charge on any atom is -0.453 e. The van der Waals surface area contributed by atoms with E-state index in [1.165, 1.54) is 19.2 Å². The SMILES string of the molecule is COC(=O)Nc1cc(NC(=O)c2ccc(C)cc2)ccc1F. The van der Waals surface area contributed by atoms with Crippen molar-refractivity contribution in [1.82, 2.24) is 0 Å². The molecular weight excluding hydrogens is 287 g/mol. The van der Waals surface area contributed by atoms with E-state index in [-0.39, 0.29) is 11.6 Å². The first-order valence-electron chi connectivity index (χ1n) is 6.52. The molecule has 0 fully saturated rings. The smallest absolute Gasteiger partial charge is 0.411 e. The number of halogens is 1. The van der Waals surface area contributed by atoms with Crippen LogP contribution in [-0.4, -0.2) is 19.1 Å². The lowest BCUT2D eigenvalue weighted by Gasteiger charge is -2.09. The summed E-state index contributed by atoms with van der Waals surface area (Å²) in [5.74, 6) is -0.950. The molecule has 0 aliphatic rings. The average Bonchev–Trinajstić information content (AvgIpc) is 2.51. The summed E-state index contributed by atoms with van der Waals surface area (Å²) in [6.07, 6.45) is -0.791. The van der Waals surface area contributed by atoms with Gasteiger partial charge in [0.25, 0.3) is 5.91 Å². The number of carbonyl (C=O) groups is 2. The molecule has 2 aromatic rings. The van der Waals surface area contributed by atoms with Crippen molar-refractivity contribution >= 4 is 23.4 Å². The molecule has 0 unspecified atom stereocenters. The third-order valence-electron chi connectivity index (χ3n) is 2.96. The Balaban J connectivity index is 2.15. The van der Waals surface area contributed by atoms with Crippen LogP contribution in [0.2, 0.25) is 0 Å². The molecule has 5 nitrogen and oxygen atoms in total. The van der Waals surface area contributed by atoms with E-state index in [9.17, 15) is 14.0 Å². The van der Waals surface area contributed by atoms with Crippen LogP contribution in [0.25, 0.3) is 0 Å². The lowest BCUT2D eigenvalue weighted by molar-refractivity contribution is 0.102. The highest BCUT2D eigenvalue weighted by molar-refractivity contribution is 6.04. The number of nitrogens with one attached hydrogen (secondary N) is 2. The first kappa shape index (κ1) is 15.5. The van der Waals surface area contributed by atoms with Crippen molar-refractivity contribution in [3.8, 4) is 0 Å². The van der Waals surface area contributed by atoms with Gasteiger partial charge in [0.2, 0.25) is 0 Å². The molecular formula is C16H15FN2O3. The fourth-order valence-corrected chi connectivity index (χ4v) is 1.77. The largest absolute Gasteiger partial charge is 0.453 e. The predicted octanol–water partition coefficient (Wildman–Crippen LogP) is 3.56. The lowest BCUT2D eigenvalue weighted by Crippen LogP contribution is -2.14. The first-order valence-corrected chi connectivity index (χ1v) is 6.52. The normalized spacial score (nSPS) is 9.95. The molecule has 0 atom stereocenters. The van der Waals surface area contributed by atoms with E-state index in [4.69, 9.17) is 0 Å². The van der Waals surface area contributed by atoms with Crippen molar-refractivity contribution in [2.75, 3.05) is 17.7 Å². The number of amides is 2. The molecule has 0 radical (unpaired) electrons. The van der Waals surface area contributed by atoms with Gasteiger partial charge in [0.1, 0.15) is 5.82 Å². The molecule has 0 bridgehead atoms. The molecule has 0 aliphatic heterocycles. The molecule has 22 heavy (non-hydrogen) atoms. The summed E-state index contributed by atoms with van der Waals surface area (Å²) < 4.78 is 18.0. The van der Waals surface area contributed by atoms with Crippen molar-refractivity contribution in [2.45, 2.75) is 6.92 Å². The number of carbonyl (C=O) groups excluding carboxylic acids is 2. The number of methoxy groups -OCH3 is 1. The van der Waals surface area contributed by atoms with Gasteiger partial charge >= 0.3 is 6.09 Å². The summed E-state index contributed by atoms with van der Waals surface area (Å²) in [6.45, 7) is 1.92. The van der Waals surface area contributed by atoms with E-state index in [0.717, 1.165) is 11.6 Å². The van der Waals surface area contributed by atoms with Gasteiger partial charge in [-0.25, -0.2) is 9.18 Å². The molecule has 2 rings (SSSR count). The molecule has 114 valence electrons. The molecule has 0 spiro atoms. The van der Waals surface area contributed by atoms with Gasteiger partial charge in [-0.2, -0.15) is 0 Å². The number of benzene rings is 2. The number of rotatable bonds is 3. The number of hydrogen-bond donors (Lipinski definition) is 2. The molecule has 2 amide bonds. The van der Waals surface area contributed by atoms with E-state index in [2.05, 4.69) is 15.4 Å². The maximum Gasteiger partial charge on any atom is 0.411 e. The fourth-order valence-electron chi connectivity index (χ4n) is 1.77. The minimum atomic E-state index is -0.791. The van der Waals surface area contributed by atoms with Gasteiger partial charge in [0.15, 0.2) is 0 Å². The molecule has 0 aliphatic carbocycles. The third kappa shape index (κ3) is 3.82. The van der Waals surface area contributed by atoms with Gasteiger partial charge < -0.3 is 10.1 Å². The predicted molar refractivity (Wildman–Crippen MR) is 81.6 cm³/mol. The zero-order valence-electron chi connectivity index (χ0n) is 12.1. The van der Waals surface area contributed by atoms with Crippen LogP contribution in [0.15, 0.2) is 42.5 Å². The summed E-state index contributed by atoms with van der Waals surface area (Å²) in [6, 6.07) is 10.9. The van der Waals surface area contributed by atoms with Gasteiger partial charge in [-0.1, -0.05) is 17.7 Å². The third-order valence-corrected chi connectivity index (χ3v) is 2.96. The number of anilines is 2. The highest BCUT2D eigenvalue weighted by Gasteiger charge is 2.10. The molecule has 0 saturated heterocycles. The highest BCUT2D eigenvalue weighted by Crippen LogP contribution is 2.20. The van der Waals surface area contributed by atoms with Crippen LogP contribution in [0.5, 0.6) is 0 Å². The van der Waals surface area contributed by atoms with Crippen LogP contribution >= 0.6 is 0 Å². The molecule has 6 heteroatoms. The van der Waals surface area contributed by atoms with Crippen LogP contribution in [0.4, 0.5) is 20.6 Å². The van der Waals surface area contributed by atoms with Crippen molar-refractivity contribution in [2.24, 2.45) is 0 Å². The van der Waals surface area contributed by atoms with E-state index in [0.29, 0.717) is 11.3 Å². The zero-order chi connectivity index (χ0) is 16.1. The van der Waals surface area contributed by atoms with E-state index < -0.39 is 11.9 Å². The van der Waals surface area contributed by atoms with E-state index in [1.54, 1.807) is 12.1 Å². The van der Waals surface area contributed by atoms with Crippen molar-refractivity contribution in [3.63, 3.8) is 0 Å². The van der Waals surface area contributed by atoms with E-state index in [1.807, 2.05) is 19.1 Å². The van der Waals surface area contributed by atoms with Crippen molar-refractivity contribution in [3.05, 3.63) is 59.4 Å². The summed E-state index contributed by atoms with van der Waals surface area (Å²) in [7, 11) is 1.18. The molecule has 0 heterocycles. The Hall–Kier alpha value is -2.89. The van der Waals surface area contributed by atoms with Gasteiger partial charge in [0.05, 0.1) is 12.8 Å². The minimum absolute atomic E-state index is 0.0754. The number of aryl methyl sites for hydroxylation is 1. The van der Waals surface area contributed by atoms with Crippen LogP contribution < -0.4 is 10.6 Å². The maximum absolute atomic E-state index is 13.6.